The van der Waals surface area contributed by atoms with E-state index in [-0.39, 0.29) is 29.2 Å². The summed E-state index contributed by atoms with van der Waals surface area (Å²) in [5, 5.41) is 2.64. The minimum atomic E-state index is -4.56. The second kappa shape index (κ2) is 12.3. The van der Waals surface area contributed by atoms with Crippen LogP contribution in [-0.4, -0.2) is 67.9 Å². The van der Waals surface area contributed by atoms with Gasteiger partial charge in [0.05, 0.1) is 11.1 Å². The van der Waals surface area contributed by atoms with E-state index in [2.05, 4.69) is 35.1 Å². The van der Waals surface area contributed by atoms with Crippen LogP contribution in [0.2, 0.25) is 0 Å². The quantitative estimate of drug-likeness (QED) is 0.186. The van der Waals surface area contributed by atoms with Crippen LogP contribution < -0.4 is 10.1 Å². The molecule has 48 heavy (non-hydrogen) atoms. The number of carbonyl (C=O) groups excluding carboxylic acids is 1. The highest BCUT2D eigenvalue weighted by molar-refractivity contribution is 6.04. The molecule has 8 rings (SSSR count). The fourth-order valence-corrected chi connectivity index (χ4v) is 7.28. The number of hydrogen-bond donors (Lipinski definition) is 2. The van der Waals surface area contributed by atoms with Crippen LogP contribution in [0, 0.1) is 11.8 Å². The van der Waals surface area contributed by atoms with E-state index in [0.717, 1.165) is 44.1 Å². The van der Waals surface area contributed by atoms with Crippen molar-refractivity contribution in [2.75, 3.05) is 31.5 Å². The summed E-state index contributed by atoms with van der Waals surface area (Å²) in [7, 11) is 0. The van der Waals surface area contributed by atoms with Gasteiger partial charge in [-0.05, 0) is 85.2 Å². The van der Waals surface area contributed by atoms with Gasteiger partial charge in [-0.25, -0.2) is 4.98 Å². The third kappa shape index (κ3) is 6.01. The van der Waals surface area contributed by atoms with Crippen LogP contribution in [0.5, 0.6) is 11.6 Å². The fraction of sp³-hybridized carbons (Fsp3) is 0.333. The zero-order valence-electron chi connectivity index (χ0n) is 26.1. The molecule has 4 heterocycles. The highest BCUT2D eigenvalue weighted by atomic mass is 19.4. The van der Waals surface area contributed by atoms with Gasteiger partial charge in [-0.2, -0.15) is 18.2 Å². The molecule has 3 aliphatic rings. The first-order valence-corrected chi connectivity index (χ1v) is 16.3. The number of nitrogens with zero attached hydrogens (tertiary/aromatic N) is 5. The molecule has 3 atom stereocenters. The van der Waals surface area contributed by atoms with E-state index in [0.29, 0.717) is 34.2 Å². The highest BCUT2D eigenvalue weighted by Gasteiger charge is 2.49. The molecule has 0 radical (unpaired) electrons. The van der Waals surface area contributed by atoms with Crippen LogP contribution in [0.15, 0.2) is 79.3 Å². The Kier molecular flexibility index (Phi) is 7.84. The number of alkyl halides is 3. The lowest BCUT2D eigenvalue weighted by Crippen LogP contribution is -2.61. The Balaban J connectivity index is 0.955. The molecule has 0 bridgehead atoms. The molecule has 2 aliphatic carbocycles. The lowest BCUT2D eigenvalue weighted by molar-refractivity contribution is -0.138. The number of anilines is 1. The topological polar surface area (TPSA) is 99.3 Å². The Morgan fingerprint density at radius 1 is 1.00 bits per heavy atom. The zero-order valence-corrected chi connectivity index (χ0v) is 26.1. The molecule has 3 fully saturated rings. The number of carbonyl (C=O) groups is 1. The average Bonchev–Trinajstić information content (AvgIpc) is 3.56. The number of nitrogens with one attached hydrogen (secondary N) is 2. The van der Waals surface area contributed by atoms with Crippen LogP contribution in [0.4, 0.5) is 18.9 Å². The maximum atomic E-state index is 14.3. The van der Waals surface area contributed by atoms with E-state index >= 15 is 0 Å². The average molecular weight is 654 g/mol. The van der Waals surface area contributed by atoms with Crippen LogP contribution in [-0.2, 0) is 12.7 Å². The zero-order chi connectivity index (χ0) is 32.8. The number of rotatable bonds is 8. The summed E-state index contributed by atoms with van der Waals surface area (Å²) in [5.74, 6) is 2.18. The maximum Gasteiger partial charge on any atom is 0.416 e. The molecule has 3 unspecified atom stereocenters. The number of benzene rings is 2. The molecule has 1 aliphatic heterocycles. The molecule has 2 N–H and O–H groups in total. The highest BCUT2D eigenvalue weighted by Crippen LogP contribution is 2.52. The van der Waals surface area contributed by atoms with Crippen molar-refractivity contribution >= 4 is 22.6 Å². The van der Waals surface area contributed by atoms with Gasteiger partial charge in [0.2, 0.25) is 5.88 Å². The monoisotopic (exact) mass is 653 g/mol. The Morgan fingerprint density at radius 3 is 2.60 bits per heavy atom. The number of fused-ring (bicyclic) bond motifs is 2. The third-order valence-electron chi connectivity index (χ3n) is 10.1. The number of halogens is 3. The molecular weight excluding hydrogens is 619 g/mol. The molecule has 12 heteroatoms. The van der Waals surface area contributed by atoms with Crippen LogP contribution in [0.3, 0.4) is 0 Å². The van der Waals surface area contributed by atoms with Crippen molar-refractivity contribution in [1.82, 2.24) is 29.7 Å². The normalized spacial score (nSPS) is 21.3. The van der Waals surface area contributed by atoms with Crippen molar-refractivity contribution in [2.45, 2.75) is 38.0 Å². The molecule has 3 aromatic heterocycles. The van der Waals surface area contributed by atoms with Gasteiger partial charge in [-0.1, -0.05) is 12.1 Å². The van der Waals surface area contributed by atoms with Gasteiger partial charge in [0.1, 0.15) is 11.3 Å². The van der Waals surface area contributed by atoms with Gasteiger partial charge in [-0.3, -0.25) is 19.6 Å². The summed E-state index contributed by atoms with van der Waals surface area (Å²) in [5.41, 5.74) is 1.67. The number of hydrogen-bond acceptors (Lipinski definition) is 7. The molecule has 0 spiro atoms. The second-order valence-corrected chi connectivity index (χ2v) is 12.9. The summed E-state index contributed by atoms with van der Waals surface area (Å²) in [6.45, 7) is 3.50. The number of ether oxygens (including phenoxy) is 1. The van der Waals surface area contributed by atoms with Crippen molar-refractivity contribution in [3.05, 3.63) is 95.9 Å². The summed E-state index contributed by atoms with van der Waals surface area (Å²) >= 11 is 0. The van der Waals surface area contributed by atoms with E-state index in [1.807, 2.05) is 6.07 Å². The van der Waals surface area contributed by atoms with E-state index in [9.17, 15) is 18.0 Å². The fourth-order valence-electron chi connectivity index (χ4n) is 7.28. The van der Waals surface area contributed by atoms with E-state index < -0.39 is 17.6 Å². The van der Waals surface area contributed by atoms with Crippen LogP contribution in [0.1, 0.15) is 40.7 Å². The van der Waals surface area contributed by atoms with Gasteiger partial charge in [0.25, 0.3) is 5.91 Å². The lowest BCUT2D eigenvalue weighted by atomic mass is 9.56. The first kappa shape index (κ1) is 30.5. The van der Waals surface area contributed by atoms with Crippen molar-refractivity contribution in [3.63, 3.8) is 0 Å². The van der Waals surface area contributed by atoms with Crippen molar-refractivity contribution in [3.8, 4) is 23.0 Å². The predicted molar refractivity (Wildman–Crippen MR) is 175 cm³/mol. The Morgan fingerprint density at radius 2 is 1.88 bits per heavy atom. The van der Waals surface area contributed by atoms with Gasteiger partial charge < -0.3 is 15.0 Å². The SMILES string of the molecule is O=C(Nc1ccc(CN2CCN(C3CC4CCC43)CC2)c(C(F)(F)F)c1)c1cccc(Oc2nc(-c3cccnc3)nc3cc[nH]c23)c1. The standard InChI is InChI=1S/C36H34F3N7O2/c37-36(38,39)29-19-26(8-6-25(29)21-45-13-15-46(16-14-45)31-18-22-7-9-28(22)31)42-34(47)23-3-1-5-27(17-23)48-35-32-30(10-12-41-32)43-33(44-35)24-4-2-11-40-20-24/h1-6,8,10-12,17,19-20,22,28,31,41H,7,9,13-16,18,21H2,(H,42,47). The Hall–Kier alpha value is -4.81. The first-order chi connectivity index (χ1) is 23.3. The minimum absolute atomic E-state index is 0.0669. The van der Waals surface area contributed by atoms with Crippen molar-refractivity contribution < 1.29 is 22.7 Å². The van der Waals surface area contributed by atoms with Crippen molar-refractivity contribution in [2.24, 2.45) is 11.8 Å². The summed E-state index contributed by atoms with van der Waals surface area (Å²) in [6, 6.07) is 16.5. The van der Waals surface area contributed by atoms with E-state index in [1.54, 1.807) is 48.9 Å². The molecule has 1 saturated heterocycles. The molecule has 5 aromatic rings. The number of aromatic nitrogens is 4. The lowest BCUT2D eigenvalue weighted by Gasteiger charge is -2.58. The molecule has 9 nitrogen and oxygen atoms in total. The molecular formula is C36H34F3N7O2. The van der Waals surface area contributed by atoms with E-state index in [1.165, 1.54) is 37.5 Å². The van der Waals surface area contributed by atoms with Crippen LogP contribution >= 0.6 is 0 Å². The second-order valence-electron chi connectivity index (χ2n) is 12.9. The van der Waals surface area contributed by atoms with Gasteiger partial charge in [0.15, 0.2) is 5.82 Å². The summed E-state index contributed by atoms with van der Waals surface area (Å²) in [6.07, 6.45) is 4.42. The molecule has 2 saturated carbocycles. The summed E-state index contributed by atoms with van der Waals surface area (Å²) < 4.78 is 48.9. The summed E-state index contributed by atoms with van der Waals surface area (Å²) in [4.78, 5) is 34.2. The van der Waals surface area contributed by atoms with Crippen molar-refractivity contribution in [1.29, 1.82) is 0 Å². The number of piperazine rings is 1. The number of amides is 1. The Bertz CT molecular complexity index is 1960. The van der Waals surface area contributed by atoms with Gasteiger partial charge in [0, 0.05) is 74.2 Å². The first-order valence-electron chi connectivity index (χ1n) is 16.3. The maximum absolute atomic E-state index is 14.3. The number of pyridine rings is 1. The van der Waals surface area contributed by atoms with Gasteiger partial charge >= 0.3 is 6.18 Å². The largest absolute Gasteiger partial charge is 0.437 e. The number of aromatic amines is 1. The third-order valence-corrected chi connectivity index (χ3v) is 10.1. The minimum Gasteiger partial charge on any atom is -0.437 e. The molecule has 246 valence electrons. The molecule has 1 amide bonds. The van der Waals surface area contributed by atoms with E-state index in [4.69, 9.17) is 4.74 Å². The predicted octanol–water partition coefficient (Wildman–Crippen LogP) is 7.00. The van der Waals surface area contributed by atoms with Crippen LogP contribution in [0.25, 0.3) is 22.4 Å². The smallest absolute Gasteiger partial charge is 0.416 e. The Labute approximate surface area is 275 Å². The number of H-pyrrole nitrogens is 1. The molecule has 2 aromatic carbocycles. The van der Waals surface area contributed by atoms with Gasteiger partial charge in [-0.15, -0.1) is 0 Å².